The fourth-order valence-corrected chi connectivity index (χ4v) is 3.00. The number of benzene rings is 1. The van der Waals surface area contributed by atoms with Gasteiger partial charge in [0.15, 0.2) is 11.5 Å². The van der Waals surface area contributed by atoms with Crippen LogP contribution in [0.3, 0.4) is 0 Å². The van der Waals surface area contributed by atoms with E-state index in [1.807, 2.05) is 25.1 Å². The Hall–Kier alpha value is -1.33. The number of oxazole rings is 1. The van der Waals surface area contributed by atoms with E-state index >= 15 is 0 Å². The highest BCUT2D eigenvalue weighted by Crippen LogP contribution is 2.23. The average molecular weight is 323 g/mol. The fourth-order valence-electron chi connectivity index (χ4n) is 1.80. The van der Waals surface area contributed by atoms with E-state index in [-0.39, 0.29) is 0 Å². The average Bonchev–Trinajstić information content (AvgIpc) is 2.90. The predicted octanol–water partition coefficient (Wildman–Crippen LogP) is 4.57. The lowest BCUT2D eigenvalue weighted by Gasteiger charge is -2.04. The van der Waals surface area contributed by atoms with Crippen LogP contribution in [-0.4, -0.2) is 4.98 Å². The molecular weight excluding hydrogens is 312 g/mol. The Morgan fingerprint density at radius 2 is 2.28 bits per heavy atom. The van der Waals surface area contributed by atoms with E-state index in [4.69, 9.17) is 4.42 Å². The van der Waals surface area contributed by atoms with Gasteiger partial charge in [0.1, 0.15) is 5.52 Å². The molecule has 0 saturated heterocycles. The van der Waals surface area contributed by atoms with E-state index in [0.717, 1.165) is 27.1 Å². The van der Waals surface area contributed by atoms with Gasteiger partial charge in [-0.05, 0) is 51.1 Å². The monoisotopic (exact) mass is 322 g/mol. The number of aryl methyl sites for hydroxylation is 1. The first kappa shape index (κ1) is 11.7. The van der Waals surface area contributed by atoms with Crippen LogP contribution in [0.15, 0.2) is 37.8 Å². The van der Waals surface area contributed by atoms with Crippen molar-refractivity contribution in [3.63, 3.8) is 0 Å². The Labute approximate surface area is 117 Å². The van der Waals surface area contributed by atoms with E-state index < -0.39 is 0 Å². The van der Waals surface area contributed by atoms with Crippen LogP contribution in [-0.2, 0) is 6.54 Å². The highest BCUT2D eigenvalue weighted by atomic mass is 79.9. The van der Waals surface area contributed by atoms with Crippen molar-refractivity contribution in [1.29, 1.82) is 0 Å². The molecule has 5 heteroatoms. The molecule has 0 aliphatic heterocycles. The molecular formula is C13H11BrN2OS. The zero-order valence-corrected chi connectivity index (χ0v) is 12.1. The number of nitrogens with zero attached hydrogens (tertiary/aromatic N) is 1. The molecule has 0 aliphatic rings. The van der Waals surface area contributed by atoms with Crippen molar-refractivity contribution >= 4 is 44.1 Å². The van der Waals surface area contributed by atoms with Crippen molar-refractivity contribution in [2.24, 2.45) is 0 Å². The second-order valence-electron chi connectivity index (χ2n) is 4.03. The van der Waals surface area contributed by atoms with E-state index in [9.17, 15) is 0 Å². The van der Waals surface area contributed by atoms with Crippen molar-refractivity contribution in [3.05, 3.63) is 44.9 Å². The van der Waals surface area contributed by atoms with Gasteiger partial charge in [-0.1, -0.05) is 0 Å². The summed E-state index contributed by atoms with van der Waals surface area (Å²) in [5, 5.41) is 5.51. The summed E-state index contributed by atoms with van der Waals surface area (Å²) in [4.78, 5) is 4.32. The molecule has 2 aromatic heterocycles. The second-order valence-corrected chi connectivity index (χ2v) is 6.32. The van der Waals surface area contributed by atoms with Crippen LogP contribution in [0, 0.1) is 6.92 Å². The lowest BCUT2D eigenvalue weighted by atomic mass is 10.2. The topological polar surface area (TPSA) is 38.1 Å². The molecule has 2 heterocycles. The van der Waals surface area contributed by atoms with Crippen molar-refractivity contribution in [2.45, 2.75) is 13.5 Å². The van der Waals surface area contributed by atoms with Gasteiger partial charge in [0, 0.05) is 19.2 Å². The van der Waals surface area contributed by atoms with Crippen LogP contribution >= 0.6 is 27.3 Å². The third-order valence-corrected chi connectivity index (χ3v) is 4.17. The second kappa shape index (κ2) is 4.74. The van der Waals surface area contributed by atoms with Crippen LogP contribution in [0.25, 0.3) is 11.1 Å². The zero-order valence-electron chi connectivity index (χ0n) is 9.74. The van der Waals surface area contributed by atoms with Crippen molar-refractivity contribution in [1.82, 2.24) is 4.98 Å². The lowest BCUT2D eigenvalue weighted by Crippen LogP contribution is -1.97. The van der Waals surface area contributed by atoms with Crippen LogP contribution in [0.2, 0.25) is 0 Å². The fraction of sp³-hybridized carbons (Fsp3) is 0.154. The largest absolute Gasteiger partial charge is 0.441 e. The summed E-state index contributed by atoms with van der Waals surface area (Å²) >= 11 is 5.16. The Kier molecular flexibility index (Phi) is 3.09. The number of hydrogen-bond donors (Lipinski definition) is 1. The molecule has 0 saturated carbocycles. The summed E-state index contributed by atoms with van der Waals surface area (Å²) < 4.78 is 6.60. The van der Waals surface area contributed by atoms with Gasteiger partial charge in [-0.25, -0.2) is 4.98 Å². The molecule has 3 rings (SSSR count). The number of thiophene rings is 1. The molecule has 18 heavy (non-hydrogen) atoms. The summed E-state index contributed by atoms with van der Waals surface area (Å²) in [7, 11) is 0. The summed E-state index contributed by atoms with van der Waals surface area (Å²) in [6.45, 7) is 2.67. The maximum absolute atomic E-state index is 5.45. The number of aromatic nitrogens is 1. The Morgan fingerprint density at radius 3 is 3.06 bits per heavy atom. The number of halogens is 1. The van der Waals surface area contributed by atoms with Crippen LogP contribution in [0.1, 0.15) is 11.5 Å². The molecule has 1 aromatic carbocycles. The molecule has 0 unspecified atom stereocenters. The first-order valence-corrected chi connectivity index (χ1v) is 7.22. The minimum absolute atomic E-state index is 0.698. The van der Waals surface area contributed by atoms with Gasteiger partial charge in [0.2, 0.25) is 0 Å². The first-order chi connectivity index (χ1) is 8.70. The Bertz CT molecular complexity index is 689. The maximum atomic E-state index is 5.45. The highest BCUT2D eigenvalue weighted by Gasteiger charge is 2.03. The molecule has 0 radical (unpaired) electrons. The molecule has 1 N–H and O–H groups in total. The number of rotatable bonds is 3. The summed E-state index contributed by atoms with van der Waals surface area (Å²) in [5.41, 5.74) is 4.04. The molecule has 0 bridgehead atoms. The molecule has 0 atom stereocenters. The highest BCUT2D eigenvalue weighted by molar-refractivity contribution is 9.11. The van der Waals surface area contributed by atoms with Crippen molar-refractivity contribution in [3.8, 4) is 0 Å². The smallest absolute Gasteiger partial charge is 0.192 e. The van der Waals surface area contributed by atoms with E-state index in [2.05, 4.69) is 37.7 Å². The number of hydrogen-bond acceptors (Lipinski definition) is 4. The van der Waals surface area contributed by atoms with Gasteiger partial charge in [-0.15, -0.1) is 11.3 Å². The zero-order chi connectivity index (χ0) is 12.5. The Morgan fingerprint density at radius 1 is 1.39 bits per heavy atom. The van der Waals surface area contributed by atoms with E-state index in [1.165, 1.54) is 5.56 Å². The van der Waals surface area contributed by atoms with Gasteiger partial charge < -0.3 is 9.73 Å². The number of nitrogens with one attached hydrogen (secondary N) is 1. The molecule has 0 fully saturated rings. The third-order valence-electron chi connectivity index (χ3n) is 2.61. The van der Waals surface area contributed by atoms with Gasteiger partial charge in [-0.3, -0.25) is 0 Å². The van der Waals surface area contributed by atoms with Gasteiger partial charge in [0.25, 0.3) is 0 Å². The summed E-state index contributed by atoms with van der Waals surface area (Å²) in [6, 6.07) is 8.08. The number of fused-ring (bicyclic) bond motifs is 1. The third kappa shape index (κ3) is 2.42. The Balaban J connectivity index is 1.78. The van der Waals surface area contributed by atoms with Gasteiger partial charge >= 0.3 is 0 Å². The predicted molar refractivity (Wildman–Crippen MR) is 78.1 cm³/mol. The molecule has 0 aliphatic carbocycles. The normalized spacial score (nSPS) is 11.0. The summed E-state index contributed by atoms with van der Waals surface area (Å²) in [6.07, 6.45) is 0. The minimum atomic E-state index is 0.698. The molecule has 0 amide bonds. The van der Waals surface area contributed by atoms with Gasteiger partial charge in [0.05, 0.1) is 3.79 Å². The van der Waals surface area contributed by atoms with E-state index in [1.54, 1.807) is 11.3 Å². The summed E-state index contributed by atoms with van der Waals surface area (Å²) in [5.74, 6) is 0.698. The van der Waals surface area contributed by atoms with Gasteiger partial charge in [-0.2, -0.15) is 0 Å². The van der Waals surface area contributed by atoms with Crippen LogP contribution < -0.4 is 5.32 Å². The number of anilines is 1. The van der Waals surface area contributed by atoms with Crippen molar-refractivity contribution < 1.29 is 4.42 Å². The molecule has 3 nitrogen and oxygen atoms in total. The van der Waals surface area contributed by atoms with Crippen LogP contribution in [0.5, 0.6) is 0 Å². The minimum Gasteiger partial charge on any atom is -0.441 e. The lowest BCUT2D eigenvalue weighted by molar-refractivity contribution is 0.561. The maximum Gasteiger partial charge on any atom is 0.192 e. The van der Waals surface area contributed by atoms with Crippen molar-refractivity contribution in [2.75, 3.05) is 5.32 Å². The first-order valence-electron chi connectivity index (χ1n) is 5.55. The SMILES string of the molecule is Cc1nc2cc(NCc3csc(Br)c3)ccc2o1. The quantitative estimate of drug-likeness (QED) is 0.767. The molecule has 3 aromatic rings. The molecule has 92 valence electrons. The van der Waals surface area contributed by atoms with Crippen LogP contribution in [0.4, 0.5) is 5.69 Å². The van der Waals surface area contributed by atoms with E-state index in [0.29, 0.717) is 5.89 Å². The molecule has 0 spiro atoms. The standard InChI is InChI=1S/C13H11BrN2OS/c1-8-16-11-5-10(2-3-12(11)17-8)15-6-9-4-13(14)18-7-9/h2-5,7,15H,6H2,1H3.